The van der Waals surface area contributed by atoms with Crippen LogP contribution in [0.1, 0.15) is 39.5 Å². The highest BCUT2D eigenvalue weighted by atomic mass is 16.6. The Morgan fingerprint density at radius 2 is 2.00 bits per heavy atom. The predicted molar refractivity (Wildman–Crippen MR) is 75.3 cm³/mol. The molecule has 0 unspecified atom stereocenters. The molecule has 0 saturated carbocycles. The summed E-state index contributed by atoms with van der Waals surface area (Å²) in [5.41, 5.74) is 0. The van der Waals surface area contributed by atoms with Gasteiger partial charge in [0, 0.05) is 32.3 Å². The minimum Gasteiger partial charge on any atom is -0.450 e. The van der Waals surface area contributed by atoms with Gasteiger partial charge in [0.05, 0.1) is 6.61 Å². The third-order valence-corrected chi connectivity index (χ3v) is 3.27. The van der Waals surface area contributed by atoms with Crippen LogP contribution in [-0.4, -0.2) is 56.5 Å². The van der Waals surface area contributed by atoms with E-state index in [-0.39, 0.29) is 6.09 Å². The SMILES string of the molecule is CCCOCCCNC1CCN(C(=O)OCC)CC1. The van der Waals surface area contributed by atoms with Crippen LogP contribution in [0.25, 0.3) is 0 Å². The molecule has 0 atom stereocenters. The van der Waals surface area contributed by atoms with Crippen molar-refractivity contribution in [2.75, 3.05) is 39.5 Å². The molecular weight excluding hydrogens is 244 g/mol. The molecule has 112 valence electrons. The fourth-order valence-corrected chi connectivity index (χ4v) is 2.21. The average Bonchev–Trinajstić information content (AvgIpc) is 2.43. The lowest BCUT2D eigenvalue weighted by Gasteiger charge is -2.31. The summed E-state index contributed by atoms with van der Waals surface area (Å²) in [6, 6.07) is 0.525. The third-order valence-electron chi connectivity index (χ3n) is 3.27. The van der Waals surface area contributed by atoms with E-state index in [9.17, 15) is 4.79 Å². The van der Waals surface area contributed by atoms with Gasteiger partial charge in [-0.3, -0.25) is 0 Å². The van der Waals surface area contributed by atoms with Crippen molar-refractivity contribution in [2.45, 2.75) is 45.6 Å². The van der Waals surface area contributed by atoms with Gasteiger partial charge in [-0.15, -0.1) is 0 Å². The normalized spacial score (nSPS) is 16.6. The molecule has 5 nitrogen and oxygen atoms in total. The van der Waals surface area contributed by atoms with Gasteiger partial charge in [-0.25, -0.2) is 4.79 Å². The molecule has 0 aromatic carbocycles. The van der Waals surface area contributed by atoms with Crippen LogP contribution in [0.2, 0.25) is 0 Å². The van der Waals surface area contributed by atoms with Crippen LogP contribution >= 0.6 is 0 Å². The fraction of sp³-hybridized carbons (Fsp3) is 0.929. The predicted octanol–water partition coefficient (Wildman–Crippen LogP) is 2.01. The number of hydrogen-bond donors (Lipinski definition) is 1. The first-order chi connectivity index (χ1) is 9.27. The summed E-state index contributed by atoms with van der Waals surface area (Å²) in [6.45, 7) is 8.69. The highest BCUT2D eigenvalue weighted by Gasteiger charge is 2.22. The molecule has 1 aliphatic rings. The highest BCUT2D eigenvalue weighted by Crippen LogP contribution is 2.11. The van der Waals surface area contributed by atoms with Crippen LogP contribution in [0.3, 0.4) is 0 Å². The Morgan fingerprint density at radius 3 is 2.63 bits per heavy atom. The van der Waals surface area contributed by atoms with Crippen LogP contribution in [-0.2, 0) is 9.47 Å². The number of rotatable bonds is 8. The molecule has 0 aromatic rings. The van der Waals surface area contributed by atoms with Gasteiger partial charge >= 0.3 is 6.09 Å². The number of carbonyl (C=O) groups excluding carboxylic acids is 1. The van der Waals surface area contributed by atoms with Gasteiger partial charge in [0.2, 0.25) is 0 Å². The Bertz CT molecular complexity index is 241. The Labute approximate surface area is 116 Å². The Balaban J connectivity index is 2.02. The molecule has 0 aromatic heterocycles. The molecule has 0 bridgehead atoms. The summed E-state index contributed by atoms with van der Waals surface area (Å²) >= 11 is 0. The summed E-state index contributed by atoms with van der Waals surface area (Å²) in [7, 11) is 0. The molecule has 1 fully saturated rings. The van der Waals surface area contributed by atoms with Gasteiger partial charge in [-0.1, -0.05) is 6.92 Å². The quantitative estimate of drug-likeness (QED) is 0.687. The largest absolute Gasteiger partial charge is 0.450 e. The number of ether oxygens (including phenoxy) is 2. The van der Waals surface area contributed by atoms with Crippen LogP contribution in [0, 0.1) is 0 Å². The third kappa shape index (κ3) is 6.78. The highest BCUT2D eigenvalue weighted by molar-refractivity contribution is 5.67. The van der Waals surface area contributed by atoms with E-state index in [0.29, 0.717) is 12.6 Å². The smallest absolute Gasteiger partial charge is 0.409 e. The van der Waals surface area contributed by atoms with E-state index >= 15 is 0 Å². The lowest BCUT2D eigenvalue weighted by atomic mass is 10.1. The first-order valence-electron chi connectivity index (χ1n) is 7.50. The number of piperidine rings is 1. The Hall–Kier alpha value is -0.810. The van der Waals surface area contributed by atoms with Crippen molar-refractivity contribution in [1.29, 1.82) is 0 Å². The lowest BCUT2D eigenvalue weighted by Crippen LogP contribution is -2.45. The maximum Gasteiger partial charge on any atom is 0.409 e. The Morgan fingerprint density at radius 1 is 1.26 bits per heavy atom. The maximum atomic E-state index is 11.5. The van der Waals surface area contributed by atoms with Crippen molar-refractivity contribution in [2.24, 2.45) is 0 Å². The van der Waals surface area contributed by atoms with Crippen molar-refractivity contribution < 1.29 is 14.3 Å². The molecule has 1 saturated heterocycles. The van der Waals surface area contributed by atoms with Gasteiger partial charge in [-0.05, 0) is 39.2 Å². The molecular formula is C14H28N2O3. The average molecular weight is 272 g/mol. The zero-order chi connectivity index (χ0) is 13.9. The molecule has 0 spiro atoms. The zero-order valence-corrected chi connectivity index (χ0v) is 12.3. The van der Waals surface area contributed by atoms with Crippen LogP contribution in [0.15, 0.2) is 0 Å². The molecule has 19 heavy (non-hydrogen) atoms. The molecule has 1 rings (SSSR count). The molecule has 0 aliphatic carbocycles. The van der Waals surface area contributed by atoms with E-state index in [1.807, 2.05) is 6.92 Å². The summed E-state index contributed by atoms with van der Waals surface area (Å²) in [5.74, 6) is 0. The second-order valence-corrected chi connectivity index (χ2v) is 4.88. The maximum absolute atomic E-state index is 11.5. The standard InChI is InChI=1S/C14H28N2O3/c1-3-11-18-12-5-8-15-13-6-9-16(10-7-13)14(17)19-4-2/h13,15H,3-12H2,1-2H3. The van der Waals surface area contributed by atoms with Crippen LogP contribution in [0.4, 0.5) is 4.79 Å². The number of hydrogen-bond acceptors (Lipinski definition) is 4. The first kappa shape index (κ1) is 16.2. The summed E-state index contributed by atoms with van der Waals surface area (Å²) in [5, 5.41) is 3.53. The van der Waals surface area contributed by atoms with Gasteiger partial charge in [0.1, 0.15) is 0 Å². The van der Waals surface area contributed by atoms with E-state index < -0.39 is 0 Å². The van der Waals surface area contributed by atoms with Crippen molar-refractivity contribution >= 4 is 6.09 Å². The molecule has 1 heterocycles. The van der Waals surface area contributed by atoms with Crippen molar-refractivity contribution in [3.63, 3.8) is 0 Å². The van der Waals surface area contributed by atoms with E-state index in [4.69, 9.17) is 9.47 Å². The van der Waals surface area contributed by atoms with E-state index in [1.165, 1.54) is 0 Å². The number of carbonyl (C=O) groups is 1. The number of nitrogens with zero attached hydrogens (tertiary/aromatic N) is 1. The van der Waals surface area contributed by atoms with Gasteiger partial charge in [-0.2, -0.15) is 0 Å². The Kier molecular flexibility index (Phi) is 8.58. The molecule has 1 aliphatic heterocycles. The second kappa shape index (κ2) is 10.0. The number of likely N-dealkylation sites (tertiary alicyclic amines) is 1. The molecule has 1 amide bonds. The summed E-state index contributed by atoms with van der Waals surface area (Å²) in [6.07, 6.45) is 3.98. The number of amides is 1. The lowest BCUT2D eigenvalue weighted by molar-refractivity contribution is 0.0944. The van der Waals surface area contributed by atoms with Crippen LogP contribution < -0.4 is 5.32 Å². The van der Waals surface area contributed by atoms with Gasteiger partial charge in [0.25, 0.3) is 0 Å². The monoisotopic (exact) mass is 272 g/mol. The second-order valence-electron chi connectivity index (χ2n) is 4.88. The summed E-state index contributed by atoms with van der Waals surface area (Å²) in [4.78, 5) is 13.3. The summed E-state index contributed by atoms with van der Waals surface area (Å²) < 4.78 is 10.4. The van der Waals surface area contributed by atoms with Gasteiger partial charge in [0.15, 0.2) is 0 Å². The van der Waals surface area contributed by atoms with E-state index in [0.717, 1.165) is 58.5 Å². The first-order valence-corrected chi connectivity index (χ1v) is 7.50. The molecule has 5 heteroatoms. The fourth-order valence-electron chi connectivity index (χ4n) is 2.21. The van der Waals surface area contributed by atoms with Gasteiger partial charge < -0.3 is 19.7 Å². The van der Waals surface area contributed by atoms with Crippen LogP contribution in [0.5, 0.6) is 0 Å². The topological polar surface area (TPSA) is 50.8 Å². The van der Waals surface area contributed by atoms with E-state index in [2.05, 4.69) is 12.2 Å². The van der Waals surface area contributed by atoms with Crippen molar-refractivity contribution in [1.82, 2.24) is 10.2 Å². The van der Waals surface area contributed by atoms with Crippen molar-refractivity contribution in [3.05, 3.63) is 0 Å². The van der Waals surface area contributed by atoms with Crippen molar-refractivity contribution in [3.8, 4) is 0 Å². The molecule has 0 radical (unpaired) electrons. The zero-order valence-electron chi connectivity index (χ0n) is 12.3. The minimum absolute atomic E-state index is 0.172. The number of nitrogens with one attached hydrogen (secondary N) is 1. The molecule has 1 N–H and O–H groups in total. The van der Waals surface area contributed by atoms with E-state index in [1.54, 1.807) is 4.90 Å². The minimum atomic E-state index is -0.172.